The molecule has 38 heavy (non-hydrogen) atoms. The highest BCUT2D eigenvalue weighted by Crippen LogP contribution is 2.47. The van der Waals surface area contributed by atoms with E-state index in [1.807, 2.05) is 31.2 Å². The Kier molecular flexibility index (Phi) is 7.66. The fourth-order valence-corrected chi connectivity index (χ4v) is 5.65. The molecule has 0 radical (unpaired) electrons. The second-order valence-corrected chi connectivity index (χ2v) is 10.9. The van der Waals surface area contributed by atoms with E-state index >= 15 is 0 Å². The van der Waals surface area contributed by atoms with Gasteiger partial charge in [0.1, 0.15) is 12.4 Å². The number of carboxylic acid groups (broad SMARTS) is 1. The van der Waals surface area contributed by atoms with Crippen molar-refractivity contribution in [2.75, 3.05) is 40.3 Å². The molecule has 10 heteroatoms. The summed E-state index contributed by atoms with van der Waals surface area (Å²) in [6.45, 7) is 5.68. The number of carboxylic acids is 1. The molecule has 4 rings (SSSR count). The normalized spacial score (nSPS) is 21.8. The summed E-state index contributed by atoms with van der Waals surface area (Å²) >= 11 is 0. The lowest BCUT2D eigenvalue weighted by atomic mass is 9.78. The molecule has 1 fully saturated rings. The number of fused-ring (bicyclic) bond motifs is 2. The van der Waals surface area contributed by atoms with Gasteiger partial charge < -0.3 is 40.6 Å². The van der Waals surface area contributed by atoms with Crippen LogP contribution in [0.3, 0.4) is 0 Å². The number of amides is 1. The highest BCUT2D eigenvalue weighted by atomic mass is 16.5. The van der Waals surface area contributed by atoms with Crippen LogP contribution in [0.15, 0.2) is 52.7 Å². The molecule has 4 atom stereocenters. The molecule has 1 saturated heterocycles. The van der Waals surface area contributed by atoms with Crippen LogP contribution < -0.4 is 21.3 Å². The molecule has 0 saturated carbocycles. The number of aliphatic hydroxyl groups excluding tert-OH is 1. The zero-order chi connectivity index (χ0) is 27.8. The molecule has 204 valence electrons. The second-order valence-electron chi connectivity index (χ2n) is 10.9. The summed E-state index contributed by atoms with van der Waals surface area (Å²) in [6.07, 6.45) is -0.0207. The van der Waals surface area contributed by atoms with Gasteiger partial charge in [-0.15, -0.1) is 0 Å². The molecule has 2 aromatic carbocycles. The van der Waals surface area contributed by atoms with Crippen molar-refractivity contribution in [2.24, 2.45) is 28.3 Å². The number of quaternary nitrogens is 1. The first-order chi connectivity index (χ1) is 17.9. The number of nitrogens with two attached hydrogens (primary N) is 2. The molecule has 2 aliphatic rings. The van der Waals surface area contributed by atoms with Crippen LogP contribution >= 0.6 is 0 Å². The summed E-state index contributed by atoms with van der Waals surface area (Å²) < 4.78 is 6.95. The summed E-state index contributed by atoms with van der Waals surface area (Å²) in [7, 11) is 4.28. The number of hydrogen-bond donors (Lipinski definition) is 3. The number of ether oxygens (including phenoxy) is 1. The van der Waals surface area contributed by atoms with Crippen LogP contribution in [-0.2, 0) is 16.0 Å². The van der Waals surface area contributed by atoms with Crippen LogP contribution in [0.25, 0.3) is 10.8 Å². The maximum Gasteiger partial charge on any atom is 0.235 e. The number of hydrogen-bond acceptors (Lipinski definition) is 6. The van der Waals surface area contributed by atoms with Gasteiger partial charge >= 0.3 is 0 Å². The number of guanidine groups is 1. The highest BCUT2D eigenvalue weighted by molar-refractivity contribution is 5.99. The number of aliphatic imine (C=N–C) groups is 1. The summed E-state index contributed by atoms with van der Waals surface area (Å²) in [5.74, 6) is -1.96. The second kappa shape index (κ2) is 10.6. The largest absolute Gasteiger partial charge is 0.543 e. The first-order valence-electron chi connectivity index (χ1n) is 12.9. The van der Waals surface area contributed by atoms with E-state index in [9.17, 15) is 19.8 Å². The third kappa shape index (κ3) is 5.19. The smallest absolute Gasteiger partial charge is 0.235 e. The maximum absolute atomic E-state index is 12.6. The average molecular weight is 524 g/mol. The number of β-lactam (4-membered cyclic amide) rings is 1. The van der Waals surface area contributed by atoms with Crippen molar-refractivity contribution < 1.29 is 29.0 Å². The minimum atomic E-state index is -1.41. The molecular formula is C28H37N5O5. The Balaban J connectivity index is 1.53. The lowest BCUT2D eigenvalue weighted by Crippen LogP contribution is -2.64. The van der Waals surface area contributed by atoms with Gasteiger partial charge in [0.15, 0.2) is 5.96 Å². The summed E-state index contributed by atoms with van der Waals surface area (Å²) in [4.78, 5) is 29.9. The van der Waals surface area contributed by atoms with Crippen molar-refractivity contribution in [3.63, 3.8) is 0 Å². The molecule has 5 N–H and O–H groups in total. The van der Waals surface area contributed by atoms with Crippen molar-refractivity contribution >= 4 is 28.6 Å². The number of carbonyl (C=O) groups excluding carboxylic acids is 2. The van der Waals surface area contributed by atoms with E-state index in [4.69, 9.17) is 16.2 Å². The Hall–Kier alpha value is -3.63. The fourth-order valence-electron chi connectivity index (χ4n) is 5.65. The number of nitrogens with zero attached hydrogens (tertiary/aromatic N) is 3. The number of aliphatic carboxylic acids is 1. The van der Waals surface area contributed by atoms with E-state index in [1.165, 1.54) is 10.5 Å². The van der Waals surface area contributed by atoms with Crippen LogP contribution in [0, 0.1) is 11.8 Å². The molecule has 2 aromatic rings. The van der Waals surface area contributed by atoms with E-state index in [-0.39, 0.29) is 30.1 Å². The first-order valence-corrected chi connectivity index (χ1v) is 12.9. The molecule has 0 unspecified atom stereocenters. The van der Waals surface area contributed by atoms with Gasteiger partial charge in [-0.2, -0.15) is 0 Å². The fraction of sp³-hybridized carbons (Fsp3) is 0.464. The maximum atomic E-state index is 12.6. The van der Waals surface area contributed by atoms with Crippen LogP contribution in [-0.4, -0.2) is 84.8 Å². The van der Waals surface area contributed by atoms with Crippen LogP contribution in [0.5, 0.6) is 5.75 Å². The lowest BCUT2D eigenvalue weighted by Gasteiger charge is -2.47. The average Bonchev–Trinajstić information content (AvgIpc) is 3.08. The van der Waals surface area contributed by atoms with Crippen LogP contribution in [0.1, 0.15) is 19.4 Å². The third-order valence-corrected chi connectivity index (χ3v) is 7.85. The molecular weight excluding hydrogens is 486 g/mol. The summed E-state index contributed by atoms with van der Waals surface area (Å²) in [5, 5.41) is 24.0. The lowest BCUT2D eigenvalue weighted by molar-refractivity contribution is -0.888. The van der Waals surface area contributed by atoms with Gasteiger partial charge in [-0.3, -0.25) is 4.79 Å². The highest BCUT2D eigenvalue weighted by Gasteiger charge is 2.58. The Morgan fingerprint density at radius 1 is 1.18 bits per heavy atom. The molecule has 0 bridgehead atoms. The van der Waals surface area contributed by atoms with Crippen LogP contribution in [0.2, 0.25) is 0 Å². The molecule has 0 aromatic heterocycles. The topological polar surface area (TPSA) is 154 Å². The van der Waals surface area contributed by atoms with E-state index in [0.29, 0.717) is 17.9 Å². The molecule has 0 spiro atoms. The van der Waals surface area contributed by atoms with Gasteiger partial charge in [0.05, 0.1) is 63.5 Å². The van der Waals surface area contributed by atoms with Gasteiger partial charge in [0, 0.05) is 17.7 Å². The first kappa shape index (κ1) is 27.4. The van der Waals surface area contributed by atoms with E-state index in [0.717, 1.165) is 34.8 Å². The van der Waals surface area contributed by atoms with E-state index in [1.54, 1.807) is 6.92 Å². The number of aliphatic hydroxyl groups is 1. The van der Waals surface area contributed by atoms with Crippen molar-refractivity contribution in [2.45, 2.75) is 32.4 Å². The standard InChI is InChI=1S/C28H37N5O5/c1-16-21(25(27(36)37)32-24(16)23(17(2)34)26(32)35)15-38-22-10-6-8-19-18(7-5-9-20(19)22)11-13-33(3,4)14-12-31-28(29)30/h5-10,16-17,23-24,34H,11-15H2,1-4H3,(H4-,29,30,31,36,37)/t16-,17+,23+,24+/m0/s1. The zero-order valence-electron chi connectivity index (χ0n) is 22.4. The van der Waals surface area contributed by atoms with Crippen LogP contribution in [0.4, 0.5) is 0 Å². The van der Waals surface area contributed by atoms with Gasteiger partial charge in [0.25, 0.3) is 0 Å². The van der Waals surface area contributed by atoms with Crippen molar-refractivity contribution in [1.82, 2.24) is 4.90 Å². The van der Waals surface area contributed by atoms with Gasteiger partial charge in [-0.05, 0) is 29.5 Å². The summed E-state index contributed by atoms with van der Waals surface area (Å²) in [5.41, 5.74) is 12.4. The Labute approximate surface area is 222 Å². The third-order valence-electron chi connectivity index (χ3n) is 7.85. The molecule has 2 aliphatic heterocycles. The molecule has 0 aliphatic carbocycles. The van der Waals surface area contributed by atoms with Crippen molar-refractivity contribution in [1.29, 1.82) is 0 Å². The predicted octanol–water partition coefficient (Wildman–Crippen LogP) is -0.0276. The minimum Gasteiger partial charge on any atom is -0.543 e. The number of rotatable bonds is 11. The molecule has 10 nitrogen and oxygen atoms in total. The number of benzene rings is 2. The Morgan fingerprint density at radius 2 is 1.87 bits per heavy atom. The van der Waals surface area contributed by atoms with Crippen molar-refractivity contribution in [3.8, 4) is 5.75 Å². The Morgan fingerprint density at radius 3 is 2.53 bits per heavy atom. The predicted molar refractivity (Wildman–Crippen MR) is 143 cm³/mol. The minimum absolute atomic E-state index is 0.00927. The quantitative estimate of drug-likeness (QED) is 0.162. The van der Waals surface area contributed by atoms with Crippen molar-refractivity contribution in [3.05, 3.63) is 53.2 Å². The van der Waals surface area contributed by atoms with Gasteiger partial charge in [-0.25, -0.2) is 4.99 Å². The van der Waals surface area contributed by atoms with E-state index in [2.05, 4.69) is 31.2 Å². The van der Waals surface area contributed by atoms with Gasteiger partial charge in [0.2, 0.25) is 5.91 Å². The molecule has 2 heterocycles. The van der Waals surface area contributed by atoms with Gasteiger partial charge in [-0.1, -0.05) is 37.3 Å². The SMILES string of the molecule is C[C@@H](O)[C@H]1C(=O)N2C(C(=O)[O-])=C(COc3cccc4c(CC[N+](C)(C)CCN=C(N)N)cccc34)[C@H](C)[C@H]12. The molecule has 1 amide bonds. The Bertz CT molecular complexity index is 1300. The van der Waals surface area contributed by atoms with E-state index < -0.39 is 24.0 Å². The summed E-state index contributed by atoms with van der Waals surface area (Å²) in [6, 6.07) is 11.5. The number of carbonyl (C=O) groups is 2. The number of likely N-dealkylation sites (N-methyl/N-ethyl adjacent to an activating group) is 1. The zero-order valence-corrected chi connectivity index (χ0v) is 22.4. The monoisotopic (exact) mass is 523 g/mol.